The highest BCUT2D eigenvalue weighted by Gasteiger charge is 2.32. The molecule has 7 nitrogen and oxygen atoms in total. The Morgan fingerprint density at radius 3 is 2.68 bits per heavy atom. The Hall–Kier alpha value is -1.03. The number of sulfonamides is 1. The number of thiazole rings is 1. The van der Waals surface area contributed by atoms with Crippen LogP contribution in [0.15, 0.2) is 11.6 Å². The van der Waals surface area contributed by atoms with Crippen molar-refractivity contribution in [3.63, 3.8) is 0 Å². The molecule has 0 saturated carbocycles. The van der Waals surface area contributed by atoms with Gasteiger partial charge >= 0.3 is 0 Å². The molecule has 1 aliphatic rings. The van der Waals surface area contributed by atoms with Crippen LogP contribution in [-0.2, 0) is 21.4 Å². The van der Waals surface area contributed by atoms with Crippen molar-refractivity contribution in [2.24, 2.45) is 5.92 Å². The van der Waals surface area contributed by atoms with E-state index in [1.165, 1.54) is 15.5 Å². The van der Waals surface area contributed by atoms with Gasteiger partial charge in [-0.05, 0) is 0 Å². The van der Waals surface area contributed by atoms with Crippen LogP contribution in [0.3, 0.4) is 0 Å². The molecule has 22 heavy (non-hydrogen) atoms. The maximum absolute atomic E-state index is 12.3. The molecule has 0 unspecified atom stereocenters. The zero-order valence-corrected chi connectivity index (χ0v) is 14.7. The van der Waals surface area contributed by atoms with Gasteiger partial charge in [0.1, 0.15) is 5.01 Å². The molecular weight excluding hydrogens is 324 g/mol. The van der Waals surface area contributed by atoms with Crippen molar-refractivity contribution < 1.29 is 13.2 Å². The summed E-state index contributed by atoms with van der Waals surface area (Å²) in [5, 5.41) is 2.89. The van der Waals surface area contributed by atoms with Gasteiger partial charge in [-0.2, -0.15) is 0 Å². The van der Waals surface area contributed by atoms with Gasteiger partial charge in [0.15, 0.2) is 0 Å². The highest BCUT2D eigenvalue weighted by Crippen LogP contribution is 2.17. The van der Waals surface area contributed by atoms with Crippen LogP contribution in [0.2, 0.25) is 0 Å². The molecule has 0 bridgehead atoms. The fraction of sp³-hybridized carbons (Fsp3) is 0.692. The predicted molar refractivity (Wildman–Crippen MR) is 86.0 cm³/mol. The molecular formula is C13H22N4O3S2. The van der Waals surface area contributed by atoms with Crippen molar-refractivity contribution in [1.29, 1.82) is 0 Å². The maximum atomic E-state index is 12.3. The highest BCUT2D eigenvalue weighted by molar-refractivity contribution is 7.88. The molecule has 1 amide bonds. The zero-order valence-electron chi connectivity index (χ0n) is 13.1. The van der Waals surface area contributed by atoms with Gasteiger partial charge in [-0.3, -0.25) is 9.69 Å². The van der Waals surface area contributed by atoms with E-state index in [4.69, 9.17) is 0 Å². The van der Waals surface area contributed by atoms with Crippen LogP contribution in [0.5, 0.6) is 0 Å². The second-order valence-corrected chi connectivity index (χ2v) is 8.67. The summed E-state index contributed by atoms with van der Waals surface area (Å²) in [6.45, 7) is 2.44. The fourth-order valence-electron chi connectivity index (χ4n) is 2.54. The van der Waals surface area contributed by atoms with E-state index in [2.05, 4.69) is 9.88 Å². The van der Waals surface area contributed by atoms with Crippen LogP contribution < -0.4 is 0 Å². The molecule has 1 fully saturated rings. The van der Waals surface area contributed by atoms with Crippen LogP contribution in [0.1, 0.15) is 5.01 Å². The van der Waals surface area contributed by atoms with Gasteiger partial charge in [0.05, 0.1) is 18.7 Å². The molecule has 0 spiro atoms. The highest BCUT2D eigenvalue weighted by atomic mass is 32.2. The van der Waals surface area contributed by atoms with Crippen molar-refractivity contribution in [2.75, 3.05) is 46.5 Å². The fourth-order valence-corrected chi connectivity index (χ4v) is 4.06. The number of hydrogen-bond donors (Lipinski definition) is 0. The summed E-state index contributed by atoms with van der Waals surface area (Å²) in [7, 11) is 0.0913. The Bertz CT molecular complexity index is 601. The Kier molecular flexibility index (Phi) is 5.54. The molecule has 2 rings (SSSR count). The Balaban J connectivity index is 2.16. The minimum atomic E-state index is -3.30. The summed E-state index contributed by atoms with van der Waals surface area (Å²) in [5.41, 5.74) is 0. The van der Waals surface area contributed by atoms with Crippen molar-refractivity contribution >= 4 is 27.3 Å². The zero-order chi connectivity index (χ0) is 16.3. The van der Waals surface area contributed by atoms with Gasteiger partial charge in [0.25, 0.3) is 0 Å². The van der Waals surface area contributed by atoms with Gasteiger partial charge in [-0.25, -0.2) is 17.7 Å². The van der Waals surface area contributed by atoms with Crippen molar-refractivity contribution in [3.05, 3.63) is 16.6 Å². The first-order valence-corrected chi connectivity index (χ1v) is 9.77. The number of aromatic nitrogens is 1. The Morgan fingerprint density at radius 1 is 1.41 bits per heavy atom. The molecule has 1 aromatic rings. The summed E-state index contributed by atoms with van der Waals surface area (Å²) in [4.78, 5) is 20.2. The van der Waals surface area contributed by atoms with E-state index in [0.717, 1.165) is 5.01 Å². The molecule has 0 N–H and O–H groups in total. The molecule has 0 aromatic carbocycles. The van der Waals surface area contributed by atoms with E-state index in [1.54, 1.807) is 31.6 Å². The van der Waals surface area contributed by atoms with E-state index >= 15 is 0 Å². The Labute approximate surface area is 135 Å². The largest absolute Gasteiger partial charge is 0.348 e. The van der Waals surface area contributed by atoms with Crippen molar-refractivity contribution in [1.82, 2.24) is 19.1 Å². The molecule has 1 aliphatic heterocycles. The molecule has 124 valence electrons. The van der Waals surface area contributed by atoms with Crippen LogP contribution in [0.25, 0.3) is 0 Å². The summed E-state index contributed by atoms with van der Waals surface area (Å²) in [5.74, 6) is -0.396. The Morgan fingerprint density at radius 2 is 2.14 bits per heavy atom. The molecule has 1 saturated heterocycles. The predicted octanol–water partition coefficient (Wildman–Crippen LogP) is -0.0753. The third kappa shape index (κ3) is 4.48. The number of nitrogens with zero attached hydrogens (tertiary/aromatic N) is 4. The van der Waals surface area contributed by atoms with Crippen molar-refractivity contribution in [3.8, 4) is 0 Å². The summed E-state index contributed by atoms with van der Waals surface area (Å²) in [6.07, 6.45) is 2.95. The van der Waals surface area contributed by atoms with Gasteiger partial charge in [-0.1, -0.05) is 0 Å². The number of amides is 1. The average molecular weight is 346 g/mol. The lowest BCUT2D eigenvalue weighted by molar-refractivity contribution is -0.133. The van der Waals surface area contributed by atoms with Crippen LogP contribution in [-0.4, -0.2) is 79.9 Å². The number of carbonyl (C=O) groups is 1. The normalized spacial score (nSPS) is 21.5. The SMILES string of the molecule is CN(C)C(=O)[C@@H]1CN(Cc2nccs2)CCN(S(C)(=O)=O)C1. The van der Waals surface area contributed by atoms with Crippen LogP contribution in [0, 0.1) is 5.92 Å². The third-order valence-electron chi connectivity index (χ3n) is 3.67. The first-order chi connectivity index (χ1) is 10.3. The van der Waals surface area contributed by atoms with Crippen molar-refractivity contribution in [2.45, 2.75) is 6.54 Å². The molecule has 1 aromatic heterocycles. The van der Waals surface area contributed by atoms with Gasteiger partial charge in [0.2, 0.25) is 15.9 Å². The average Bonchev–Trinajstić information content (AvgIpc) is 2.82. The molecule has 0 radical (unpaired) electrons. The number of hydrogen-bond acceptors (Lipinski definition) is 6. The minimum Gasteiger partial charge on any atom is -0.348 e. The topological polar surface area (TPSA) is 73.8 Å². The third-order valence-corrected chi connectivity index (χ3v) is 5.70. The first-order valence-electron chi connectivity index (χ1n) is 7.04. The summed E-state index contributed by atoms with van der Waals surface area (Å²) in [6, 6.07) is 0. The van der Waals surface area contributed by atoms with E-state index in [0.29, 0.717) is 26.2 Å². The molecule has 2 heterocycles. The van der Waals surface area contributed by atoms with Crippen LogP contribution in [0.4, 0.5) is 0 Å². The van der Waals surface area contributed by atoms with Gasteiger partial charge < -0.3 is 4.90 Å². The lowest BCUT2D eigenvalue weighted by Crippen LogP contribution is -2.41. The first kappa shape index (κ1) is 17.3. The van der Waals surface area contributed by atoms with Gasteiger partial charge in [-0.15, -0.1) is 11.3 Å². The molecule has 0 aliphatic carbocycles. The quantitative estimate of drug-likeness (QED) is 0.763. The lowest BCUT2D eigenvalue weighted by atomic mass is 10.1. The molecule has 1 atom stereocenters. The smallest absolute Gasteiger partial charge is 0.227 e. The summed E-state index contributed by atoms with van der Waals surface area (Å²) < 4.78 is 25.1. The second-order valence-electron chi connectivity index (χ2n) is 5.71. The van der Waals surface area contributed by atoms with Crippen LogP contribution >= 0.6 is 11.3 Å². The standard InChI is InChI=1S/C13H22N4O3S2/c1-15(2)13(18)11-8-16(10-12-14-4-7-21-12)5-6-17(9-11)22(3,19)20/h4,7,11H,5-6,8-10H2,1-3H3/t11-/m1/s1. The monoisotopic (exact) mass is 346 g/mol. The minimum absolute atomic E-state index is 0.0420. The van der Waals surface area contributed by atoms with Gasteiger partial charge in [0, 0.05) is 51.9 Å². The number of rotatable bonds is 4. The van der Waals surface area contributed by atoms with E-state index in [-0.39, 0.29) is 18.4 Å². The maximum Gasteiger partial charge on any atom is 0.227 e. The number of carbonyl (C=O) groups excluding carboxylic acids is 1. The van der Waals surface area contributed by atoms with E-state index in [1.807, 2.05) is 5.38 Å². The molecule has 9 heteroatoms. The summed E-state index contributed by atoms with van der Waals surface area (Å²) >= 11 is 1.57. The van der Waals surface area contributed by atoms with E-state index < -0.39 is 10.0 Å². The van der Waals surface area contributed by atoms with E-state index in [9.17, 15) is 13.2 Å². The second kappa shape index (κ2) is 7.03. The lowest BCUT2D eigenvalue weighted by Gasteiger charge is -2.25.